The lowest BCUT2D eigenvalue weighted by Gasteiger charge is -2.27. The highest BCUT2D eigenvalue weighted by Crippen LogP contribution is 2.30. The van der Waals surface area contributed by atoms with Gasteiger partial charge in [-0.05, 0) is 68.9 Å². The van der Waals surface area contributed by atoms with Crippen molar-refractivity contribution in [1.29, 1.82) is 5.26 Å². The second kappa shape index (κ2) is 5.83. The summed E-state index contributed by atoms with van der Waals surface area (Å²) in [5.74, 6) is 1.38. The van der Waals surface area contributed by atoms with Gasteiger partial charge in [-0.2, -0.15) is 5.26 Å². The zero-order chi connectivity index (χ0) is 13.9. The van der Waals surface area contributed by atoms with E-state index in [0.29, 0.717) is 11.4 Å². The molecule has 1 aromatic heterocycles. The van der Waals surface area contributed by atoms with Gasteiger partial charge in [-0.15, -0.1) is 0 Å². The van der Waals surface area contributed by atoms with Crippen LogP contribution in [0.15, 0.2) is 6.07 Å². The predicted molar refractivity (Wildman–Crippen MR) is 77.6 cm³/mol. The fourth-order valence-electron chi connectivity index (χ4n) is 3.29. The van der Waals surface area contributed by atoms with E-state index in [1.165, 1.54) is 31.2 Å². The quantitative estimate of drug-likeness (QED) is 0.821. The number of aromatic nitrogens is 1. The highest BCUT2D eigenvalue weighted by Gasteiger charge is 2.22. The van der Waals surface area contributed by atoms with Gasteiger partial charge in [0.15, 0.2) is 0 Å². The fraction of sp³-hybridized carbons (Fsp3) is 0.647. The second-order valence-corrected chi connectivity index (χ2v) is 6.27. The Hall–Kier alpha value is -1.56. The van der Waals surface area contributed by atoms with Crippen LogP contribution < -0.4 is 4.74 Å². The minimum atomic E-state index is 0.243. The summed E-state index contributed by atoms with van der Waals surface area (Å²) in [5.41, 5.74) is 3.01. The van der Waals surface area contributed by atoms with E-state index in [2.05, 4.69) is 18.0 Å². The summed E-state index contributed by atoms with van der Waals surface area (Å²) in [6, 6.07) is 4.26. The molecule has 3 nitrogen and oxygen atoms in total. The lowest BCUT2D eigenvalue weighted by atomic mass is 9.89. The lowest BCUT2D eigenvalue weighted by molar-refractivity contribution is 0.129. The molecule has 2 aliphatic carbocycles. The summed E-state index contributed by atoms with van der Waals surface area (Å²) in [6.45, 7) is 2.30. The average molecular weight is 270 g/mol. The molecule has 20 heavy (non-hydrogen) atoms. The van der Waals surface area contributed by atoms with Gasteiger partial charge in [-0.1, -0.05) is 6.92 Å². The van der Waals surface area contributed by atoms with Gasteiger partial charge in [0, 0.05) is 5.69 Å². The molecule has 0 unspecified atom stereocenters. The molecule has 3 heteroatoms. The Bertz CT molecular complexity index is 525. The third kappa shape index (κ3) is 2.80. The summed E-state index contributed by atoms with van der Waals surface area (Å²) in [4.78, 5) is 4.65. The smallest absolute Gasteiger partial charge is 0.232 e. The van der Waals surface area contributed by atoms with E-state index < -0.39 is 0 Å². The summed E-state index contributed by atoms with van der Waals surface area (Å²) < 4.78 is 6.06. The van der Waals surface area contributed by atoms with Crippen molar-refractivity contribution < 1.29 is 4.74 Å². The third-order valence-electron chi connectivity index (χ3n) is 4.63. The van der Waals surface area contributed by atoms with Crippen molar-refractivity contribution in [2.75, 3.05) is 0 Å². The number of aryl methyl sites for hydroxylation is 2. The van der Waals surface area contributed by atoms with Gasteiger partial charge in [0.2, 0.25) is 5.88 Å². The molecule has 1 heterocycles. The zero-order valence-corrected chi connectivity index (χ0v) is 12.2. The molecule has 1 fully saturated rings. The zero-order valence-electron chi connectivity index (χ0n) is 12.2. The Morgan fingerprint density at radius 3 is 2.70 bits per heavy atom. The van der Waals surface area contributed by atoms with Crippen LogP contribution in [0, 0.1) is 17.2 Å². The van der Waals surface area contributed by atoms with Crippen LogP contribution in [0.2, 0.25) is 0 Å². The highest BCUT2D eigenvalue weighted by molar-refractivity contribution is 5.43. The third-order valence-corrected chi connectivity index (χ3v) is 4.63. The van der Waals surface area contributed by atoms with Crippen LogP contribution in [0.4, 0.5) is 0 Å². The van der Waals surface area contributed by atoms with Gasteiger partial charge in [0.25, 0.3) is 0 Å². The fourth-order valence-corrected chi connectivity index (χ4v) is 3.29. The molecule has 0 bridgehead atoms. The van der Waals surface area contributed by atoms with E-state index in [-0.39, 0.29) is 6.10 Å². The van der Waals surface area contributed by atoms with Crippen molar-refractivity contribution in [3.63, 3.8) is 0 Å². The molecule has 0 amide bonds. The molecule has 0 aliphatic heterocycles. The highest BCUT2D eigenvalue weighted by atomic mass is 16.5. The monoisotopic (exact) mass is 270 g/mol. The molecule has 0 aromatic carbocycles. The van der Waals surface area contributed by atoms with E-state index in [4.69, 9.17) is 4.74 Å². The van der Waals surface area contributed by atoms with Crippen molar-refractivity contribution >= 4 is 0 Å². The topological polar surface area (TPSA) is 45.9 Å². The molecule has 1 aromatic rings. The largest absolute Gasteiger partial charge is 0.473 e. The van der Waals surface area contributed by atoms with Crippen LogP contribution in [-0.2, 0) is 12.8 Å². The summed E-state index contributed by atoms with van der Waals surface area (Å²) in [7, 11) is 0. The summed E-state index contributed by atoms with van der Waals surface area (Å²) >= 11 is 0. The van der Waals surface area contributed by atoms with E-state index in [9.17, 15) is 5.26 Å². The first-order chi connectivity index (χ1) is 9.76. The first-order valence-corrected chi connectivity index (χ1v) is 7.86. The average Bonchev–Trinajstić information content (AvgIpc) is 2.49. The minimum Gasteiger partial charge on any atom is -0.473 e. The predicted octanol–water partition coefficient (Wildman–Crippen LogP) is 3.79. The first kappa shape index (κ1) is 13.4. The van der Waals surface area contributed by atoms with E-state index in [0.717, 1.165) is 37.3 Å². The SMILES string of the molecule is CC1CCC(Oc2nc3c(cc2C#N)CCCC3)CC1. The van der Waals surface area contributed by atoms with E-state index in [1.807, 2.05) is 6.07 Å². The first-order valence-electron chi connectivity index (χ1n) is 7.86. The number of nitriles is 1. The molecule has 3 rings (SSSR count). The molecule has 0 atom stereocenters. The molecular formula is C17H22N2O. The lowest BCUT2D eigenvalue weighted by Crippen LogP contribution is -2.24. The normalized spacial score (nSPS) is 25.6. The summed E-state index contributed by atoms with van der Waals surface area (Å²) in [5, 5.41) is 9.32. The molecule has 1 saturated carbocycles. The summed E-state index contributed by atoms with van der Waals surface area (Å²) in [6.07, 6.45) is 9.35. The van der Waals surface area contributed by atoms with Crippen LogP contribution in [0.25, 0.3) is 0 Å². The number of hydrogen-bond donors (Lipinski definition) is 0. The van der Waals surface area contributed by atoms with Gasteiger partial charge in [0.1, 0.15) is 17.7 Å². The second-order valence-electron chi connectivity index (χ2n) is 6.27. The molecule has 0 spiro atoms. The maximum absolute atomic E-state index is 9.32. The number of fused-ring (bicyclic) bond motifs is 1. The maximum Gasteiger partial charge on any atom is 0.232 e. The minimum absolute atomic E-state index is 0.243. The molecule has 106 valence electrons. The Morgan fingerprint density at radius 2 is 1.95 bits per heavy atom. The Kier molecular flexibility index (Phi) is 3.91. The molecular weight excluding hydrogens is 248 g/mol. The van der Waals surface area contributed by atoms with Gasteiger partial charge < -0.3 is 4.74 Å². The van der Waals surface area contributed by atoms with E-state index >= 15 is 0 Å². The van der Waals surface area contributed by atoms with Crippen LogP contribution in [-0.4, -0.2) is 11.1 Å². The molecule has 0 N–H and O–H groups in total. The van der Waals surface area contributed by atoms with Crippen molar-refractivity contribution in [3.05, 3.63) is 22.9 Å². The Labute approximate surface area is 121 Å². The van der Waals surface area contributed by atoms with Crippen molar-refractivity contribution in [1.82, 2.24) is 4.98 Å². The number of pyridine rings is 1. The molecule has 2 aliphatic rings. The standard InChI is InChI=1S/C17H22N2O/c1-12-6-8-15(9-7-12)20-17-14(11-18)10-13-4-2-3-5-16(13)19-17/h10,12,15H,2-9H2,1H3. The van der Waals surface area contributed by atoms with Crippen LogP contribution in [0.3, 0.4) is 0 Å². The van der Waals surface area contributed by atoms with Crippen LogP contribution in [0.1, 0.15) is 62.3 Å². The Balaban J connectivity index is 1.80. The number of hydrogen-bond acceptors (Lipinski definition) is 3. The van der Waals surface area contributed by atoms with E-state index in [1.54, 1.807) is 0 Å². The molecule has 0 saturated heterocycles. The number of ether oxygens (including phenoxy) is 1. The number of rotatable bonds is 2. The van der Waals surface area contributed by atoms with Crippen molar-refractivity contribution in [2.24, 2.45) is 5.92 Å². The van der Waals surface area contributed by atoms with Crippen molar-refractivity contribution in [3.8, 4) is 11.9 Å². The van der Waals surface area contributed by atoms with Gasteiger partial charge >= 0.3 is 0 Å². The number of nitrogens with zero attached hydrogens (tertiary/aromatic N) is 2. The van der Waals surface area contributed by atoms with Gasteiger partial charge in [-0.25, -0.2) is 4.98 Å². The molecule has 0 radical (unpaired) electrons. The van der Waals surface area contributed by atoms with Gasteiger partial charge in [-0.3, -0.25) is 0 Å². The van der Waals surface area contributed by atoms with Crippen LogP contribution in [0.5, 0.6) is 5.88 Å². The van der Waals surface area contributed by atoms with Crippen molar-refractivity contribution in [2.45, 2.75) is 64.4 Å². The Morgan fingerprint density at radius 1 is 1.20 bits per heavy atom. The van der Waals surface area contributed by atoms with Gasteiger partial charge in [0.05, 0.1) is 0 Å². The van der Waals surface area contributed by atoms with Crippen LogP contribution >= 0.6 is 0 Å². The maximum atomic E-state index is 9.32.